The quantitative estimate of drug-likeness (QED) is 0.601. The molecule has 1 N–H and O–H groups in total. The van der Waals surface area contributed by atoms with E-state index in [0.29, 0.717) is 38.0 Å². The molecule has 9 heteroatoms. The van der Waals surface area contributed by atoms with Crippen LogP contribution in [0.2, 0.25) is 0 Å². The van der Waals surface area contributed by atoms with Crippen LogP contribution in [0.1, 0.15) is 44.0 Å². The third kappa shape index (κ3) is 4.24. The second-order valence-electron chi connectivity index (χ2n) is 8.23. The molecule has 28 heavy (non-hydrogen) atoms. The normalized spacial score (nSPS) is 19.0. The molecular weight excluding hydrogens is 380 g/mol. The van der Waals surface area contributed by atoms with Crippen molar-refractivity contribution in [3.05, 3.63) is 39.9 Å². The molecule has 1 spiro atoms. The first-order valence-electron chi connectivity index (χ1n) is 9.39. The number of hydrogen-bond donors (Lipinski definition) is 1. The Hall–Kier alpha value is -2.29. The zero-order chi connectivity index (χ0) is 20.5. The second-order valence-corrected chi connectivity index (χ2v) is 9.68. The number of thioether (sulfide) groups is 1. The van der Waals surface area contributed by atoms with Crippen LogP contribution in [0.5, 0.6) is 0 Å². The van der Waals surface area contributed by atoms with Gasteiger partial charge in [0.25, 0.3) is 11.6 Å². The van der Waals surface area contributed by atoms with Crippen molar-refractivity contribution in [3.63, 3.8) is 0 Å². The van der Waals surface area contributed by atoms with E-state index in [1.807, 2.05) is 25.7 Å². The predicted molar refractivity (Wildman–Crippen MR) is 108 cm³/mol. The average Bonchev–Trinajstić information content (AvgIpc) is 3.03. The average molecular weight is 407 g/mol. The van der Waals surface area contributed by atoms with E-state index in [-0.39, 0.29) is 28.0 Å². The van der Waals surface area contributed by atoms with Gasteiger partial charge in [-0.1, -0.05) is 6.07 Å². The third-order valence-electron chi connectivity index (χ3n) is 5.04. The number of non-ortho nitro benzene ring substituents is 1. The lowest BCUT2D eigenvalue weighted by Crippen LogP contribution is -2.56. The van der Waals surface area contributed by atoms with E-state index < -0.39 is 4.92 Å². The number of hydrogen-bond acceptors (Lipinski definition) is 5. The highest BCUT2D eigenvalue weighted by Crippen LogP contribution is 2.44. The summed E-state index contributed by atoms with van der Waals surface area (Å²) in [6.45, 7) is 7.61. The molecule has 0 saturated carbocycles. The Kier molecular flexibility index (Phi) is 5.56. The minimum atomic E-state index is -0.488. The number of likely N-dealkylation sites (tertiary alicyclic amines) is 1. The fraction of sp³-hybridized carbons (Fsp3) is 0.579. The van der Waals surface area contributed by atoms with Crippen LogP contribution in [0.25, 0.3) is 0 Å². The van der Waals surface area contributed by atoms with Crippen LogP contribution in [-0.4, -0.2) is 62.5 Å². The van der Waals surface area contributed by atoms with Crippen molar-refractivity contribution in [3.8, 4) is 0 Å². The Labute approximate surface area is 168 Å². The number of nitro benzene ring substituents is 1. The first-order valence-corrected chi connectivity index (χ1v) is 10.4. The van der Waals surface area contributed by atoms with Gasteiger partial charge >= 0.3 is 6.03 Å². The van der Waals surface area contributed by atoms with Gasteiger partial charge in [-0.2, -0.15) is 0 Å². The Morgan fingerprint density at radius 3 is 2.50 bits per heavy atom. The molecule has 152 valence electrons. The molecule has 8 nitrogen and oxygen atoms in total. The SMILES string of the molecule is CC(C)(C)NC(=O)N1CCC2(CC1)SCCN2C(=O)c1cccc([N+](=O)[O-])c1. The molecule has 0 bridgehead atoms. The molecule has 2 fully saturated rings. The number of rotatable bonds is 2. The first kappa shape index (κ1) is 20.4. The highest BCUT2D eigenvalue weighted by molar-refractivity contribution is 8.00. The van der Waals surface area contributed by atoms with Gasteiger partial charge in [-0.15, -0.1) is 11.8 Å². The van der Waals surface area contributed by atoms with Crippen LogP contribution in [0.15, 0.2) is 24.3 Å². The predicted octanol–water partition coefficient (Wildman–Crippen LogP) is 3.08. The molecule has 0 atom stereocenters. The third-order valence-corrected chi connectivity index (χ3v) is 6.59. The molecule has 1 aromatic carbocycles. The van der Waals surface area contributed by atoms with Crippen LogP contribution in [0.4, 0.5) is 10.5 Å². The lowest BCUT2D eigenvalue weighted by molar-refractivity contribution is -0.384. The molecule has 2 aliphatic rings. The lowest BCUT2D eigenvalue weighted by Gasteiger charge is -2.44. The standard InChI is InChI=1S/C19H26N4O4S/c1-18(2,3)20-17(25)21-9-7-19(8-10-21)22(11-12-28-19)16(24)14-5-4-6-15(13-14)23(26)27/h4-6,13H,7-12H2,1-3H3,(H,20,25). The molecule has 2 aliphatic heterocycles. The molecule has 0 aliphatic carbocycles. The van der Waals surface area contributed by atoms with Gasteiger partial charge in [0.1, 0.15) is 0 Å². The van der Waals surface area contributed by atoms with E-state index in [9.17, 15) is 19.7 Å². The number of amides is 3. The van der Waals surface area contributed by atoms with Crippen molar-refractivity contribution >= 4 is 29.4 Å². The van der Waals surface area contributed by atoms with Crippen molar-refractivity contribution in [1.82, 2.24) is 15.1 Å². The van der Waals surface area contributed by atoms with Crippen molar-refractivity contribution in [1.29, 1.82) is 0 Å². The summed E-state index contributed by atoms with van der Waals surface area (Å²) in [7, 11) is 0. The lowest BCUT2D eigenvalue weighted by atomic mass is 10.0. The molecule has 1 aromatic rings. The molecule has 0 aromatic heterocycles. The van der Waals surface area contributed by atoms with Crippen LogP contribution in [0.3, 0.4) is 0 Å². The van der Waals surface area contributed by atoms with Crippen LogP contribution >= 0.6 is 11.8 Å². The van der Waals surface area contributed by atoms with Gasteiger partial charge in [-0.25, -0.2) is 4.79 Å². The smallest absolute Gasteiger partial charge is 0.317 e. The summed E-state index contributed by atoms with van der Waals surface area (Å²) in [5, 5.41) is 14.0. The summed E-state index contributed by atoms with van der Waals surface area (Å²) in [5.74, 6) is 0.649. The van der Waals surface area contributed by atoms with Gasteiger partial charge < -0.3 is 15.1 Å². The Bertz CT molecular complexity index is 784. The van der Waals surface area contributed by atoms with Crippen molar-refractivity contribution in [2.45, 2.75) is 44.0 Å². The fourth-order valence-corrected chi connectivity index (χ4v) is 5.13. The molecule has 0 radical (unpaired) electrons. The molecule has 2 heterocycles. The number of carbonyl (C=O) groups excluding carboxylic acids is 2. The summed E-state index contributed by atoms with van der Waals surface area (Å²) in [5.41, 5.74) is -0.0392. The number of piperidine rings is 1. The van der Waals surface area contributed by atoms with Crippen molar-refractivity contribution < 1.29 is 14.5 Å². The van der Waals surface area contributed by atoms with E-state index in [1.165, 1.54) is 12.1 Å². The number of nitrogens with one attached hydrogen (secondary N) is 1. The van der Waals surface area contributed by atoms with E-state index in [0.717, 1.165) is 5.75 Å². The minimum Gasteiger partial charge on any atom is -0.333 e. The summed E-state index contributed by atoms with van der Waals surface area (Å²) < 4.78 is 0. The topological polar surface area (TPSA) is 95.8 Å². The highest BCUT2D eigenvalue weighted by Gasteiger charge is 2.47. The van der Waals surface area contributed by atoms with Crippen molar-refractivity contribution in [2.24, 2.45) is 0 Å². The fourth-order valence-electron chi connectivity index (χ4n) is 3.68. The number of nitrogens with zero attached hydrogens (tertiary/aromatic N) is 3. The van der Waals surface area contributed by atoms with E-state index in [1.54, 1.807) is 28.8 Å². The monoisotopic (exact) mass is 406 g/mol. The van der Waals surface area contributed by atoms with Gasteiger partial charge in [-0.3, -0.25) is 14.9 Å². The van der Waals surface area contributed by atoms with Gasteiger partial charge in [0.05, 0.1) is 9.79 Å². The Morgan fingerprint density at radius 2 is 1.89 bits per heavy atom. The summed E-state index contributed by atoms with van der Waals surface area (Å²) >= 11 is 1.75. The number of urea groups is 1. The summed E-state index contributed by atoms with van der Waals surface area (Å²) in [6, 6.07) is 5.81. The largest absolute Gasteiger partial charge is 0.333 e. The van der Waals surface area contributed by atoms with Gasteiger partial charge in [0, 0.05) is 48.6 Å². The Balaban J connectivity index is 1.71. The second kappa shape index (κ2) is 7.62. The molecule has 3 rings (SSSR count). The molecule has 2 saturated heterocycles. The molecule has 3 amide bonds. The maximum Gasteiger partial charge on any atom is 0.317 e. The number of nitro groups is 1. The summed E-state index contributed by atoms with van der Waals surface area (Å²) in [4.78, 5) is 39.3. The van der Waals surface area contributed by atoms with Gasteiger partial charge in [-0.05, 0) is 39.7 Å². The molecule has 0 unspecified atom stereocenters. The first-order chi connectivity index (χ1) is 13.1. The minimum absolute atomic E-state index is 0.0816. The van der Waals surface area contributed by atoms with Crippen LogP contribution < -0.4 is 5.32 Å². The zero-order valence-electron chi connectivity index (χ0n) is 16.4. The maximum absolute atomic E-state index is 13.1. The highest BCUT2D eigenvalue weighted by atomic mass is 32.2. The van der Waals surface area contributed by atoms with Gasteiger partial charge in [0.15, 0.2) is 0 Å². The number of carbonyl (C=O) groups is 2. The van der Waals surface area contributed by atoms with E-state index in [2.05, 4.69) is 5.32 Å². The van der Waals surface area contributed by atoms with Crippen LogP contribution in [-0.2, 0) is 0 Å². The maximum atomic E-state index is 13.1. The van der Waals surface area contributed by atoms with Crippen LogP contribution in [0, 0.1) is 10.1 Å². The number of benzene rings is 1. The van der Waals surface area contributed by atoms with E-state index in [4.69, 9.17) is 0 Å². The zero-order valence-corrected chi connectivity index (χ0v) is 17.3. The Morgan fingerprint density at radius 1 is 1.21 bits per heavy atom. The summed E-state index contributed by atoms with van der Waals surface area (Å²) in [6.07, 6.45) is 1.38. The van der Waals surface area contributed by atoms with Gasteiger partial charge in [0.2, 0.25) is 0 Å². The van der Waals surface area contributed by atoms with Crippen molar-refractivity contribution in [2.75, 3.05) is 25.4 Å². The van der Waals surface area contributed by atoms with E-state index >= 15 is 0 Å². The molecular formula is C19H26N4O4S.